The first kappa shape index (κ1) is 24.6. The standard InChI is InChI=1S/C23H12Br2Cl3NO3S/c24-17-6-12(7-18(25)21(17)32-11-13-4-5-15(27)10-19(13)28)8-20-22(30)29(23(31)33-20)16-3-1-2-14(26)9-16/h1-10H,11H2/b20-8+. The third-order valence-electron chi connectivity index (χ3n) is 4.57. The second-order valence-corrected chi connectivity index (χ2v) is 10.8. The van der Waals surface area contributed by atoms with Gasteiger partial charge in [-0.3, -0.25) is 9.59 Å². The van der Waals surface area contributed by atoms with E-state index in [0.29, 0.717) is 45.9 Å². The lowest BCUT2D eigenvalue weighted by atomic mass is 10.2. The number of benzene rings is 3. The van der Waals surface area contributed by atoms with Gasteiger partial charge in [0.2, 0.25) is 0 Å². The molecule has 1 aliphatic heterocycles. The molecule has 168 valence electrons. The molecule has 0 bridgehead atoms. The van der Waals surface area contributed by atoms with Crippen LogP contribution in [0.4, 0.5) is 10.5 Å². The monoisotopic (exact) mass is 645 g/mol. The summed E-state index contributed by atoms with van der Waals surface area (Å²) in [7, 11) is 0. The first-order valence-corrected chi connectivity index (χ1v) is 12.9. The lowest BCUT2D eigenvalue weighted by molar-refractivity contribution is -0.113. The van der Waals surface area contributed by atoms with Gasteiger partial charge in [0, 0.05) is 20.6 Å². The van der Waals surface area contributed by atoms with Crippen LogP contribution in [0.5, 0.6) is 5.75 Å². The molecule has 0 spiro atoms. The summed E-state index contributed by atoms with van der Waals surface area (Å²) in [5.74, 6) is 0.169. The molecular weight excluding hydrogens is 636 g/mol. The van der Waals surface area contributed by atoms with E-state index in [1.165, 1.54) is 0 Å². The van der Waals surface area contributed by atoms with Gasteiger partial charge in [-0.25, -0.2) is 4.90 Å². The normalized spacial score (nSPS) is 14.9. The van der Waals surface area contributed by atoms with Gasteiger partial charge in [0.15, 0.2) is 0 Å². The summed E-state index contributed by atoms with van der Waals surface area (Å²) in [5.41, 5.74) is 1.93. The molecule has 1 saturated heterocycles. The molecule has 1 heterocycles. The maximum atomic E-state index is 12.9. The molecule has 0 aromatic heterocycles. The van der Waals surface area contributed by atoms with Crippen LogP contribution in [0.1, 0.15) is 11.1 Å². The van der Waals surface area contributed by atoms with Crippen LogP contribution in [0.15, 0.2) is 68.4 Å². The molecule has 4 rings (SSSR count). The summed E-state index contributed by atoms with van der Waals surface area (Å²) < 4.78 is 7.27. The number of ether oxygens (including phenoxy) is 1. The quantitative estimate of drug-likeness (QED) is 0.259. The molecule has 0 aliphatic carbocycles. The zero-order valence-corrected chi connectivity index (χ0v) is 22.7. The Morgan fingerprint density at radius 1 is 0.939 bits per heavy atom. The molecule has 0 unspecified atom stereocenters. The Hall–Kier alpha value is -1.48. The number of carbonyl (C=O) groups is 2. The topological polar surface area (TPSA) is 46.6 Å². The molecule has 33 heavy (non-hydrogen) atoms. The lowest BCUT2D eigenvalue weighted by Crippen LogP contribution is -2.27. The fourth-order valence-corrected chi connectivity index (χ4v) is 5.99. The van der Waals surface area contributed by atoms with E-state index in [1.807, 2.05) is 0 Å². The minimum absolute atomic E-state index is 0.241. The molecule has 0 atom stereocenters. The Labute approximate surface area is 226 Å². The van der Waals surface area contributed by atoms with E-state index >= 15 is 0 Å². The van der Waals surface area contributed by atoms with Crippen molar-refractivity contribution in [2.75, 3.05) is 4.90 Å². The molecule has 10 heteroatoms. The van der Waals surface area contributed by atoms with Crippen molar-refractivity contribution in [3.05, 3.63) is 94.6 Å². The molecule has 1 fully saturated rings. The molecular formula is C23H12Br2Cl3NO3S. The van der Waals surface area contributed by atoms with Crippen LogP contribution in [0.3, 0.4) is 0 Å². The zero-order chi connectivity index (χ0) is 23.7. The third-order valence-corrected chi connectivity index (χ3v) is 7.44. The Morgan fingerprint density at radius 2 is 1.64 bits per heavy atom. The van der Waals surface area contributed by atoms with E-state index in [1.54, 1.807) is 60.7 Å². The minimum atomic E-state index is -0.405. The molecule has 2 amide bonds. The van der Waals surface area contributed by atoms with Crippen molar-refractivity contribution in [2.24, 2.45) is 0 Å². The van der Waals surface area contributed by atoms with Crippen LogP contribution in [0.25, 0.3) is 6.08 Å². The van der Waals surface area contributed by atoms with Crippen molar-refractivity contribution in [1.29, 1.82) is 0 Å². The molecule has 3 aromatic carbocycles. The first-order chi connectivity index (χ1) is 15.7. The van der Waals surface area contributed by atoms with E-state index in [0.717, 1.165) is 22.2 Å². The number of thioether (sulfide) groups is 1. The number of halogens is 5. The highest BCUT2D eigenvalue weighted by atomic mass is 79.9. The van der Waals surface area contributed by atoms with Crippen molar-refractivity contribution in [1.82, 2.24) is 0 Å². The van der Waals surface area contributed by atoms with E-state index in [9.17, 15) is 9.59 Å². The maximum Gasteiger partial charge on any atom is 0.298 e. The van der Waals surface area contributed by atoms with E-state index < -0.39 is 5.91 Å². The van der Waals surface area contributed by atoms with Crippen molar-refractivity contribution in [2.45, 2.75) is 6.61 Å². The first-order valence-electron chi connectivity index (χ1n) is 9.32. The highest BCUT2D eigenvalue weighted by Gasteiger charge is 2.36. The van der Waals surface area contributed by atoms with Gasteiger partial charge >= 0.3 is 0 Å². The Bertz CT molecular complexity index is 1290. The third kappa shape index (κ3) is 5.61. The summed E-state index contributed by atoms with van der Waals surface area (Å²) in [5, 5.41) is 1.13. The molecule has 3 aromatic rings. The highest BCUT2D eigenvalue weighted by Crippen LogP contribution is 2.39. The summed E-state index contributed by atoms with van der Waals surface area (Å²) in [6, 6.07) is 15.4. The zero-order valence-electron chi connectivity index (χ0n) is 16.5. The average molecular weight is 649 g/mol. The average Bonchev–Trinajstić information content (AvgIpc) is 3.01. The molecule has 4 nitrogen and oxygen atoms in total. The smallest absolute Gasteiger partial charge is 0.298 e. The van der Waals surface area contributed by atoms with Crippen molar-refractivity contribution in [3.63, 3.8) is 0 Å². The Kier molecular flexibility index (Phi) is 7.78. The maximum absolute atomic E-state index is 12.9. The summed E-state index contributed by atoms with van der Waals surface area (Å²) >= 11 is 26.1. The fourth-order valence-electron chi connectivity index (χ4n) is 3.05. The van der Waals surface area contributed by atoms with Gasteiger partial charge < -0.3 is 4.74 Å². The number of rotatable bonds is 5. The number of hydrogen-bond donors (Lipinski definition) is 0. The second-order valence-electron chi connectivity index (χ2n) is 6.84. The van der Waals surface area contributed by atoms with Crippen LogP contribution in [0.2, 0.25) is 15.1 Å². The molecule has 0 saturated carbocycles. The van der Waals surface area contributed by atoms with E-state index in [4.69, 9.17) is 39.5 Å². The minimum Gasteiger partial charge on any atom is -0.486 e. The summed E-state index contributed by atoms with van der Waals surface area (Å²) in [6.07, 6.45) is 1.66. The van der Waals surface area contributed by atoms with Crippen LogP contribution >= 0.6 is 78.4 Å². The summed E-state index contributed by atoms with van der Waals surface area (Å²) in [6.45, 7) is 0.241. The van der Waals surface area contributed by atoms with Crippen molar-refractivity contribution in [3.8, 4) is 5.75 Å². The molecule has 0 radical (unpaired) electrons. The van der Waals surface area contributed by atoms with Crippen molar-refractivity contribution >= 4 is 101 Å². The highest BCUT2D eigenvalue weighted by molar-refractivity contribution is 9.11. The number of anilines is 1. The fraction of sp³-hybridized carbons (Fsp3) is 0.0435. The van der Waals surface area contributed by atoms with Gasteiger partial charge in [0.1, 0.15) is 12.4 Å². The van der Waals surface area contributed by atoms with E-state index in [-0.39, 0.29) is 11.8 Å². The van der Waals surface area contributed by atoms with Gasteiger partial charge in [-0.2, -0.15) is 0 Å². The number of imide groups is 1. The van der Waals surface area contributed by atoms with Crippen LogP contribution in [-0.4, -0.2) is 11.1 Å². The van der Waals surface area contributed by atoms with Crippen LogP contribution < -0.4 is 9.64 Å². The Morgan fingerprint density at radius 3 is 2.30 bits per heavy atom. The second kappa shape index (κ2) is 10.4. The van der Waals surface area contributed by atoms with E-state index in [2.05, 4.69) is 31.9 Å². The number of nitrogens with zero attached hydrogens (tertiary/aromatic N) is 1. The molecule has 1 aliphatic rings. The largest absolute Gasteiger partial charge is 0.486 e. The lowest BCUT2D eigenvalue weighted by Gasteiger charge is -2.13. The van der Waals surface area contributed by atoms with Crippen molar-refractivity contribution < 1.29 is 14.3 Å². The van der Waals surface area contributed by atoms with Crippen LogP contribution in [-0.2, 0) is 11.4 Å². The number of amides is 2. The predicted octanol–water partition coefficient (Wildman–Crippen LogP) is 8.99. The number of hydrogen-bond acceptors (Lipinski definition) is 4. The summed E-state index contributed by atoms with van der Waals surface area (Å²) in [4.78, 5) is 26.8. The van der Waals surface area contributed by atoms with Gasteiger partial charge in [-0.15, -0.1) is 0 Å². The van der Waals surface area contributed by atoms with Gasteiger partial charge in [0.25, 0.3) is 11.1 Å². The van der Waals surface area contributed by atoms with Gasteiger partial charge in [-0.05, 0) is 97.7 Å². The van der Waals surface area contributed by atoms with Gasteiger partial charge in [-0.1, -0.05) is 46.9 Å². The van der Waals surface area contributed by atoms with Crippen LogP contribution in [0, 0.1) is 0 Å². The Balaban J connectivity index is 1.55. The SMILES string of the molecule is O=C1S/C(=C/c2cc(Br)c(OCc3ccc(Cl)cc3Cl)c(Br)c2)C(=O)N1c1cccc(Cl)c1. The van der Waals surface area contributed by atoms with Gasteiger partial charge in [0.05, 0.1) is 19.5 Å². The number of carbonyl (C=O) groups excluding carboxylic acids is 2. The predicted molar refractivity (Wildman–Crippen MR) is 143 cm³/mol. The molecule has 0 N–H and O–H groups in total.